The Balaban J connectivity index is 1.54. The molecule has 3 aromatic carbocycles. The summed E-state index contributed by atoms with van der Waals surface area (Å²) in [4.78, 5) is 32.1. The van der Waals surface area contributed by atoms with Crippen LogP contribution >= 0.6 is 11.3 Å². The molecule has 0 radical (unpaired) electrons. The van der Waals surface area contributed by atoms with Gasteiger partial charge < -0.3 is 14.2 Å². The van der Waals surface area contributed by atoms with Crippen LogP contribution in [-0.2, 0) is 16.1 Å². The van der Waals surface area contributed by atoms with Crippen LogP contribution in [0.3, 0.4) is 0 Å². The first-order valence-electron chi connectivity index (χ1n) is 13.7. The third-order valence-corrected chi connectivity index (χ3v) is 7.77. The average Bonchev–Trinajstić information content (AvgIpc) is 3.27. The first-order valence-corrected chi connectivity index (χ1v) is 14.5. The van der Waals surface area contributed by atoms with Crippen molar-refractivity contribution in [1.29, 1.82) is 0 Å². The molecule has 7 nitrogen and oxygen atoms in total. The molecule has 5 rings (SSSR count). The Labute approximate surface area is 246 Å². The summed E-state index contributed by atoms with van der Waals surface area (Å²) in [7, 11) is 0. The van der Waals surface area contributed by atoms with Crippen LogP contribution in [-0.4, -0.2) is 23.8 Å². The average molecular weight is 587 g/mol. The zero-order chi connectivity index (χ0) is 29.8. The van der Waals surface area contributed by atoms with Crippen LogP contribution in [0.1, 0.15) is 49.1 Å². The molecule has 0 fully saturated rings. The zero-order valence-electron chi connectivity index (χ0n) is 23.8. The fourth-order valence-corrected chi connectivity index (χ4v) is 5.80. The van der Waals surface area contributed by atoms with E-state index in [1.54, 1.807) is 42.7 Å². The summed E-state index contributed by atoms with van der Waals surface area (Å²) in [6.45, 7) is 8.27. The van der Waals surface area contributed by atoms with Crippen LogP contribution in [0.25, 0.3) is 6.08 Å². The van der Waals surface area contributed by atoms with Gasteiger partial charge in [-0.05, 0) is 74.7 Å². The Morgan fingerprint density at radius 1 is 0.976 bits per heavy atom. The maximum Gasteiger partial charge on any atom is 0.338 e. The van der Waals surface area contributed by atoms with E-state index in [-0.39, 0.29) is 24.6 Å². The molecule has 1 aliphatic heterocycles. The van der Waals surface area contributed by atoms with Crippen molar-refractivity contribution in [3.8, 4) is 11.5 Å². The summed E-state index contributed by atoms with van der Waals surface area (Å²) in [5.74, 6) is 0.269. The van der Waals surface area contributed by atoms with E-state index >= 15 is 0 Å². The Bertz CT molecular complexity index is 1820. The van der Waals surface area contributed by atoms with E-state index in [0.717, 1.165) is 22.3 Å². The van der Waals surface area contributed by atoms with E-state index in [1.165, 1.54) is 23.5 Å². The smallest absolute Gasteiger partial charge is 0.338 e. The van der Waals surface area contributed by atoms with Gasteiger partial charge in [0, 0.05) is 0 Å². The van der Waals surface area contributed by atoms with E-state index < -0.39 is 12.0 Å². The third kappa shape index (κ3) is 6.06. The number of allylic oxidation sites excluding steroid dienone is 1. The molecule has 1 aromatic heterocycles. The highest BCUT2D eigenvalue weighted by molar-refractivity contribution is 7.07. The standard InChI is InChI=1S/C33H31FN2O5S/c1-5-39-27-17-23(11-16-26(27)41-19-22-9-14-25(34)15-10-22)18-28-31(37)36-30(24-12-7-20(3)8-13-24)29(32(38)40-6-2)21(4)35-33(36)42-28/h7-18,30H,5-6,19H2,1-4H3/b28-18+/t30-/m1/s1. The molecule has 2 heterocycles. The van der Waals surface area contributed by atoms with Gasteiger partial charge in [0.1, 0.15) is 12.4 Å². The van der Waals surface area contributed by atoms with Gasteiger partial charge in [0.05, 0.1) is 35.1 Å². The van der Waals surface area contributed by atoms with Crippen molar-refractivity contribution in [3.63, 3.8) is 0 Å². The Kier molecular flexibility index (Phi) is 8.68. The van der Waals surface area contributed by atoms with Crippen molar-refractivity contribution in [3.05, 3.63) is 126 Å². The molecule has 0 amide bonds. The van der Waals surface area contributed by atoms with Crippen LogP contribution in [0, 0.1) is 12.7 Å². The topological polar surface area (TPSA) is 79.1 Å². The van der Waals surface area contributed by atoms with Gasteiger partial charge in [0.15, 0.2) is 16.3 Å². The molecule has 0 unspecified atom stereocenters. The minimum atomic E-state index is -0.663. The van der Waals surface area contributed by atoms with Crippen LogP contribution in [0.15, 0.2) is 87.8 Å². The molecule has 216 valence electrons. The summed E-state index contributed by atoms with van der Waals surface area (Å²) in [5, 5.41) is 0. The molecule has 0 aliphatic carbocycles. The van der Waals surface area contributed by atoms with Crippen LogP contribution < -0.4 is 24.4 Å². The molecule has 0 N–H and O–H groups in total. The lowest BCUT2D eigenvalue weighted by atomic mass is 9.95. The number of hydrogen-bond acceptors (Lipinski definition) is 7. The molecule has 0 saturated carbocycles. The molecule has 1 aliphatic rings. The lowest BCUT2D eigenvalue weighted by Crippen LogP contribution is -2.39. The normalized spacial score (nSPS) is 14.8. The van der Waals surface area contributed by atoms with E-state index in [1.807, 2.05) is 50.2 Å². The lowest BCUT2D eigenvalue weighted by Gasteiger charge is -2.24. The van der Waals surface area contributed by atoms with Crippen molar-refractivity contribution < 1.29 is 23.4 Å². The molecule has 9 heteroatoms. The number of aryl methyl sites for hydroxylation is 1. The number of rotatable bonds is 9. The molecule has 4 aromatic rings. The largest absolute Gasteiger partial charge is 0.490 e. The second kappa shape index (κ2) is 12.6. The van der Waals surface area contributed by atoms with Gasteiger partial charge in [-0.3, -0.25) is 9.36 Å². The number of carbonyl (C=O) groups excluding carboxylic acids is 1. The van der Waals surface area contributed by atoms with Crippen LogP contribution in [0.5, 0.6) is 11.5 Å². The van der Waals surface area contributed by atoms with Gasteiger partial charge in [-0.2, -0.15) is 0 Å². The van der Waals surface area contributed by atoms with Crippen molar-refractivity contribution in [1.82, 2.24) is 4.57 Å². The fourth-order valence-electron chi connectivity index (χ4n) is 4.75. The minimum absolute atomic E-state index is 0.215. The highest BCUT2D eigenvalue weighted by Crippen LogP contribution is 2.32. The van der Waals surface area contributed by atoms with Gasteiger partial charge in [0.2, 0.25) is 0 Å². The summed E-state index contributed by atoms with van der Waals surface area (Å²) in [6.07, 6.45) is 1.78. The predicted octanol–water partition coefficient (Wildman–Crippen LogP) is 5.22. The van der Waals surface area contributed by atoms with Gasteiger partial charge in [0.25, 0.3) is 5.56 Å². The number of fused-ring (bicyclic) bond motifs is 1. The van der Waals surface area contributed by atoms with Crippen molar-refractivity contribution >= 4 is 23.4 Å². The highest BCUT2D eigenvalue weighted by Gasteiger charge is 2.33. The summed E-state index contributed by atoms with van der Waals surface area (Å²) in [6, 6.07) is 18.7. The second-order valence-electron chi connectivity index (χ2n) is 9.77. The van der Waals surface area contributed by atoms with Crippen molar-refractivity contribution in [2.45, 2.75) is 40.3 Å². The fraction of sp³-hybridized carbons (Fsp3) is 0.242. The summed E-state index contributed by atoms with van der Waals surface area (Å²) >= 11 is 1.26. The quantitative estimate of drug-likeness (QED) is 0.251. The maximum atomic E-state index is 13.9. The molecule has 42 heavy (non-hydrogen) atoms. The maximum absolute atomic E-state index is 13.9. The molecular formula is C33H31FN2O5S. The number of thiazole rings is 1. The van der Waals surface area contributed by atoms with Crippen molar-refractivity contribution in [2.24, 2.45) is 4.99 Å². The summed E-state index contributed by atoms with van der Waals surface area (Å²) in [5.41, 5.74) is 4.05. The van der Waals surface area contributed by atoms with Crippen LogP contribution in [0.4, 0.5) is 4.39 Å². The number of ether oxygens (including phenoxy) is 3. The van der Waals surface area contributed by atoms with E-state index in [2.05, 4.69) is 4.99 Å². The first-order chi connectivity index (χ1) is 20.3. The number of hydrogen-bond donors (Lipinski definition) is 0. The lowest BCUT2D eigenvalue weighted by molar-refractivity contribution is -0.139. The zero-order valence-corrected chi connectivity index (χ0v) is 24.7. The number of carbonyl (C=O) groups is 1. The van der Waals surface area contributed by atoms with Gasteiger partial charge in [-0.1, -0.05) is 59.4 Å². The SMILES string of the molecule is CCOC(=O)C1=C(C)N=c2s/c(=C/c3ccc(OCc4ccc(F)cc4)c(OCC)c3)c(=O)n2[C@@H]1c1ccc(C)cc1. The van der Waals surface area contributed by atoms with E-state index in [0.29, 0.717) is 38.7 Å². The van der Waals surface area contributed by atoms with Gasteiger partial charge in [-0.25, -0.2) is 14.2 Å². The Hall–Kier alpha value is -4.50. The van der Waals surface area contributed by atoms with E-state index in [4.69, 9.17) is 14.2 Å². The second-order valence-corrected chi connectivity index (χ2v) is 10.8. The number of benzene rings is 3. The Morgan fingerprint density at radius 3 is 2.40 bits per heavy atom. The highest BCUT2D eigenvalue weighted by atomic mass is 32.1. The number of esters is 1. The number of halogens is 1. The van der Waals surface area contributed by atoms with Gasteiger partial charge in [-0.15, -0.1) is 0 Å². The number of nitrogens with zero attached hydrogens (tertiary/aromatic N) is 2. The Morgan fingerprint density at radius 2 is 1.71 bits per heavy atom. The number of aromatic nitrogens is 1. The minimum Gasteiger partial charge on any atom is -0.490 e. The first kappa shape index (κ1) is 29.0. The monoisotopic (exact) mass is 586 g/mol. The molecule has 1 atom stereocenters. The third-order valence-electron chi connectivity index (χ3n) is 6.78. The predicted molar refractivity (Wildman–Crippen MR) is 160 cm³/mol. The molecular weight excluding hydrogens is 555 g/mol. The summed E-state index contributed by atoms with van der Waals surface area (Å²) < 4.78 is 32.5. The molecule has 0 bridgehead atoms. The van der Waals surface area contributed by atoms with E-state index in [9.17, 15) is 14.0 Å². The van der Waals surface area contributed by atoms with Gasteiger partial charge >= 0.3 is 5.97 Å². The molecule has 0 spiro atoms. The molecule has 0 saturated heterocycles. The van der Waals surface area contributed by atoms with Crippen LogP contribution in [0.2, 0.25) is 0 Å². The van der Waals surface area contributed by atoms with Crippen molar-refractivity contribution in [2.75, 3.05) is 13.2 Å².